The van der Waals surface area contributed by atoms with Gasteiger partial charge in [-0.1, -0.05) is 17.7 Å². The molecule has 98 valence electrons. The molecule has 3 nitrogen and oxygen atoms in total. The summed E-state index contributed by atoms with van der Waals surface area (Å²) in [7, 11) is 0. The van der Waals surface area contributed by atoms with Gasteiger partial charge in [-0.3, -0.25) is 0 Å². The molecule has 0 spiro atoms. The highest BCUT2D eigenvalue weighted by molar-refractivity contribution is 6.32. The normalized spacial score (nSPS) is 11.2. The van der Waals surface area contributed by atoms with Crippen LogP contribution in [0.25, 0.3) is 0 Å². The summed E-state index contributed by atoms with van der Waals surface area (Å²) >= 11 is 5.68. The minimum atomic E-state index is -1.12. The number of hydrogen-bond donors (Lipinski definition) is 1. The number of halogens is 4. The zero-order chi connectivity index (χ0) is 14.0. The smallest absolute Gasteiger partial charge is 0.157 e. The standard InChI is InChI=1S/C12H6ClF3N2O/c13-7-2-1-3-8(14)11(7)17-18-12-9(15)4-6(19)5-10(12)16/h1-5,19H. The second-order valence-corrected chi connectivity index (χ2v) is 3.94. The van der Waals surface area contributed by atoms with Crippen LogP contribution in [0.3, 0.4) is 0 Å². The Balaban J connectivity index is 2.44. The van der Waals surface area contributed by atoms with E-state index < -0.39 is 28.9 Å². The van der Waals surface area contributed by atoms with Gasteiger partial charge in [-0.2, -0.15) is 0 Å². The van der Waals surface area contributed by atoms with Crippen LogP contribution >= 0.6 is 11.6 Å². The van der Waals surface area contributed by atoms with Gasteiger partial charge in [0.15, 0.2) is 23.1 Å². The molecule has 0 radical (unpaired) electrons. The van der Waals surface area contributed by atoms with Crippen LogP contribution in [0.2, 0.25) is 5.02 Å². The van der Waals surface area contributed by atoms with Gasteiger partial charge in [0.25, 0.3) is 0 Å². The van der Waals surface area contributed by atoms with E-state index in [1.54, 1.807) is 0 Å². The maximum Gasteiger partial charge on any atom is 0.157 e. The summed E-state index contributed by atoms with van der Waals surface area (Å²) in [6, 6.07) is 5.14. The van der Waals surface area contributed by atoms with Crippen molar-refractivity contribution in [3.8, 4) is 5.75 Å². The first kappa shape index (κ1) is 13.4. The molecule has 1 N–H and O–H groups in total. The number of benzene rings is 2. The molecule has 0 bridgehead atoms. The Hall–Kier alpha value is -2.08. The molecular formula is C12H6ClF3N2O. The van der Waals surface area contributed by atoms with Crippen LogP contribution in [0.15, 0.2) is 40.6 Å². The van der Waals surface area contributed by atoms with Crippen molar-refractivity contribution in [1.29, 1.82) is 0 Å². The molecule has 0 saturated heterocycles. The van der Waals surface area contributed by atoms with E-state index in [9.17, 15) is 13.2 Å². The highest BCUT2D eigenvalue weighted by Gasteiger charge is 2.12. The van der Waals surface area contributed by atoms with Gasteiger partial charge in [-0.25, -0.2) is 13.2 Å². The molecule has 7 heteroatoms. The Labute approximate surface area is 111 Å². The second-order valence-electron chi connectivity index (χ2n) is 3.53. The molecule has 0 atom stereocenters. The van der Waals surface area contributed by atoms with Crippen LogP contribution in [-0.4, -0.2) is 5.11 Å². The molecule has 2 aromatic rings. The van der Waals surface area contributed by atoms with Gasteiger partial charge in [0.05, 0.1) is 5.02 Å². The molecule has 0 amide bonds. The molecule has 0 aliphatic rings. The lowest BCUT2D eigenvalue weighted by atomic mass is 10.3. The number of rotatable bonds is 2. The molecule has 2 aromatic carbocycles. The van der Waals surface area contributed by atoms with Gasteiger partial charge in [0, 0.05) is 12.1 Å². The maximum absolute atomic E-state index is 13.4. The predicted molar refractivity (Wildman–Crippen MR) is 63.6 cm³/mol. The van der Waals surface area contributed by atoms with Crippen molar-refractivity contribution in [2.45, 2.75) is 0 Å². The topological polar surface area (TPSA) is 45.0 Å². The van der Waals surface area contributed by atoms with Crippen molar-refractivity contribution in [3.05, 3.63) is 52.8 Å². The number of phenols is 1. The summed E-state index contributed by atoms with van der Waals surface area (Å²) in [5.41, 5.74) is -1.06. The molecule has 0 saturated carbocycles. The Morgan fingerprint density at radius 3 is 2.05 bits per heavy atom. The lowest BCUT2D eigenvalue weighted by molar-refractivity contribution is 0.461. The first-order valence-corrected chi connectivity index (χ1v) is 5.40. The minimum absolute atomic E-state index is 0.0386. The number of phenolic OH excluding ortho intramolecular Hbond substituents is 1. The number of nitrogens with zero attached hydrogens (tertiary/aromatic N) is 2. The molecule has 0 unspecified atom stereocenters. The van der Waals surface area contributed by atoms with E-state index in [2.05, 4.69) is 10.2 Å². The molecule has 0 heterocycles. The zero-order valence-electron chi connectivity index (χ0n) is 9.24. The van der Waals surface area contributed by atoms with Gasteiger partial charge in [0.2, 0.25) is 0 Å². The molecule has 0 aromatic heterocycles. The molecule has 0 aliphatic heterocycles. The van der Waals surface area contributed by atoms with Crippen molar-refractivity contribution < 1.29 is 18.3 Å². The van der Waals surface area contributed by atoms with E-state index >= 15 is 0 Å². The van der Waals surface area contributed by atoms with Gasteiger partial charge in [0.1, 0.15) is 11.4 Å². The Morgan fingerprint density at radius 2 is 1.47 bits per heavy atom. The van der Waals surface area contributed by atoms with E-state index in [1.165, 1.54) is 12.1 Å². The van der Waals surface area contributed by atoms with Crippen LogP contribution in [-0.2, 0) is 0 Å². The van der Waals surface area contributed by atoms with Crippen molar-refractivity contribution in [3.63, 3.8) is 0 Å². The van der Waals surface area contributed by atoms with Crippen molar-refractivity contribution in [1.82, 2.24) is 0 Å². The third kappa shape index (κ3) is 2.85. The Bertz CT molecular complexity index is 618. The van der Waals surface area contributed by atoms with Crippen LogP contribution in [0, 0.1) is 17.5 Å². The molecular weight excluding hydrogens is 281 g/mol. The Morgan fingerprint density at radius 1 is 0.895 bits per heavy atom. The lowest BCUT2D eigenvalue weighted by Crippen LogP contribution is -1.82. The van der Waals surface area contributed by atoms with Gasteiger partial charge in [-0.05, 0) is 12.1 Å². The number of aromatic hydroxyl groups is 1. The summed E-state index contributed by atoms with van der Waals surface area (Å²) in [6.45, 7) is 0. The fourth-order valence-electron chi connectivity index (χ4n) is 1.33. The molecule has 0 fully saturated rings. The fraction of sp³-hybridized carbons (Fsp3) is 0. The van der Waals surface area contributed by atoms with E-state index in [0.29, 0.717) is 12.1 Å². The van der Waals surface area contributed by atoms with E-state index in [1.807, 2.05) is 0 Å². The third-order valence-corrected chi connectivity index (χ3v) is 2.49. The number of hydrogen-bond acceptors (Lipinski definition) is 3. The quantitative estimate of drug-likeness (QED) is 0.786. The van der Waals surface area contributed by atoms with Crippen LogP contribution in [0.5, 0.6) is 5.75 Å². The van der Waals surface area contributed by atoms with Crippen LogP contribution < -0.4 is 0 Å². The number of azo groups is 1. The fourth-order valence-corrected chi connectivity index (χ4v) is 1.53. The third-order valence-electron chi connectivity index (χ3n) is 2.19. The molecule has 19 heavy (non-hydrogen) atoms. The highest BCUT2D eigenvalue weighted by Crippen LogP contribution is 2.32. The predicted octanol–water partition coefficient (Wildman–Crippen LogP) is 4.88. The maximum atomic E-state index is 13.4. The highest BCUT2D eigenvalue weighted by atomic mass is 35.5. The van der Waals surface area contributed by atoms with Gasteiger partial charge in [-0.15, -0.1) is 10.2 Å². The van der Waals surface area contributed by atoms with Crippen LogP contribution in [0.4, 0.5) is 24.5 Å². The van der Waals surface area contributed by atoms with E-state index in [4.69, 9.17) is 16.7 Å². The first-order chi connectivity index (χ1) is 8.99. The van der Waals surface area contributed by atoms with Crippen LogP contribution in [0.1, 0.15) is 0 Å². The van der Waals surface area contributed by atoms with E-state index in [-0.39, 0.29) is 10.7 Å². The summed E-state index contributed by atoms with van der Waals surface area (Å²) < 4.78 is 40.0. The van der Waals surface area contributed by atoms with Gasteiger partial charge < -0.3 is 5.11 Å². The first-order valence-electron chi connectivity index (χ1n) is 5.03. The zero-order valence-corrected chi connectivity index (χ0v) is 10.00. The lowest BCUT2D eigenvalue weighted by Gasteiger charge is -2.01. The summed E-state index contributed by atoms with van der Waals surface area (Å²) in [5.74, 6) is -3.59. The monoisotopic (exact) mass is 286 g/mol. The average Bonchev–Trinajstić information content (AvgIpc) is 2.31. The summed E-state index contributed by atoms with van der Waals surface area (Å²) in [6.07, 6.45) is 0. The van der Waals surface area contributed by atoms with Crippen molar-refractivity contribution in [2.75, 3.05) is 0 Å². The summed E-state index contributed by atoms with van der Waals surface area (Å²) in [5, 5.41) is 15.6. The molecule has 0 aliphatic carbocycles. The van der Waals surface area contributed by atoms with Crippen molar-refractivity contribution in [2.24, 2.45) is 10.2 Å². The SMILES string of the molecule is Oc1cc(F)c(N=Nc2c(F)cccc2Cl)c(F)c1. The minimum Gasteiger partial charge on any atom is -0.508 e. The summed E-state index contributed by atoms with van der Waals surface area (Å²) in [4.78, 5) is 0. The second kappa shape index (κ2) is 5.27. The van der Waals surface area contributed by atoms with Crippen molar-refractivity contribution >= 4 is 23.0 Å². The van der Waals surface area contributed by atoms with Gasteiger partial charge >= 0.3 is 0 Å². The molecule has 2 rings (SSSR count). The average molecular weight is 287 g/mol. The largest absolute Gasteiger partial charge is 0.508 e. The Kier molecular flexibility index (Phi) is 3.71. The van der Waals surface area contributed by atoms with E-state index in [0.717, 1.165) is 6.07 Å².